The third-order valence-corrected chi connectivity index (χ3v) is 20.8. The number of nitrogens with one attached hydrogen (secondary N) is 9. The number of methoxy groups -OCH3 is 1. The first kappa shape index (κ1) is 93.4. The average molecular weight is 1610 g/mol. The van der Waals surface area contributed by atoms with E-state index >= 15 is 9.00 Å². The standard InChI is InChI=1S/C70H112N14O25S2/c1-6-41(2)49-30-46(86)34-77-64(95)44-28-50-48-7-8-57(102-5)51(39-110-26-10-75-70(100)74-9-12-103-14-16-105-18-20-107-22-24-109-25-23-108-21-19-106-17-15-104-13-11-83(73)36-45(71)33-76-63(94)42(3)27-60(92)93)62(48)82-68(50)111(101)40-53(79-59(91)35-78-65(49)96)66(97)80-52(32-58(72)90)69(99)84-37-47(87)31-54(84)67(98)81-61(55(88)29-44)43(4)56(89)38-85/h7-8,36,41-44,47,49,52-54,56,61,82,85,87,89H,6,9-35,37-40,71,73H2,1-5H3,(H2,72,90)(H,76,94)(H,77,95)(H,78,96)(H,79,91)(H,80,97)(H,81,98)(H,92,93)(H2,74,75,100)/b45-36-/t41-,42?,43-,44+,47+,49-,52-,53-,54-,56-,61-,111?/m0/s1. The molecule has 1 aromatic carbocycles. The number of fused-ring (bicyclic) bond motifs is 5. The molecular weight excluding hydrogens is 1500 g/mol. The van der Waals surface area contributed by atoms with Gasteiger partial charge in [-0.05, 0) is 30.0 Å². The number of urea groups is 1. The van der Waals surface area contributed by atoms with Crippen molar-refractivity contribution in [2.24, 2.45) is 46.9 Å². The lowest BCUT2D eigenvalue weighted by Crippen LogP contribution is -2.60. The van der Waals surface area contributed by atoms with Crippen LogP contribution in [0.25, 0.3) is 10.9 Å². The molecule has 2 bridgehead atoms. The normalized spacial score (nSPS) is 21.8. The van der Waals surface area contributed by atoms with Crippen molar-refractivity contribution in [3.63, 3.8) is 0 Å². The van der Waals surface area contributed by atoms with Gasteiger partial charge in [-0.15, -0.1) is 0 Å². The van der Waals surface area contributed by atoms with Crippen LogP contribution in [0.4, 0.5) is 4.79 Å². The van der Waals surface area contributed by atoms with Gasteiger partial charge in [-0.3, -0.25) is 56.9 Å². The number of aliphatic hydroxyl groups excluding tert-OH is 3. The molecule has 111 heavy (non-hydrogen) atoms. The summed E-state index contributed by atoms with van der Waals surface area (Å²) in [7, 11) is -1.03. The summed E-state index contributed by atoms with van der Waals surface area (Å²) in [5.41, 5.74) is 12.8. The maximum atomic E-state index is 15.4. The number of rotatable bonds is 43. The average Bonchev–Trinajstić information content (AvgIpc) is 1.62. The summed E-state index contributed by atoms with van der Waals surface area (Å²) in [5.74, 6) is -8.98. The Labute approximate surface area is 650 Å². The number of aliphatic carboxylic acids is 1. The summed E-state index contributed by atoms with van der Waals surface area (Å²) in [5, 5.41) is 63.1. The predicted octanol–water partition coefficient (Wildman–Crippen LogP) is -4.58. The van der Waals surface area contributed by atoms with Gasteiger partial charge in [0.15, 0.2) is 11.6 Å². The summed E-state index contributed by atoms with van der Waals surface area (Å²) in [6, 6.07) is -4.28. The molecule has 624 valence electrons. The molecule has 5 rings (SSSR count). The zero-order chi connectivity index (χ0) is 81.5. The third kappa shape index (κ3) is 32.4. The number of hydrogen-bond donors (Lipinski definition) is 16. The molecule has 19 N–H and O–H groups in total. The second-order valence-electron chi connectivity index (χ2n) is 26.9. The van der Waals surface area contributed by atoms with Crippen LogP contribution in [-0.2, 0) is 109 Å². The van der Waals surface area contributed by atoms with Crippen LogP contribution in [0, 0.1) is 29.6 Å². The number of carboxylic acids is 1. The number of nitrogens with two attached hydrogens (primary N) is 3. The Hall–Kier alpha value is -8.20. The van der Waals surface area contributed by atoms with Crippen molar-refractivity contribution in [3.05, 3.63) is 35.2 Å². The third-order valence-electron chi connectivity index (χ3n) is 18.4. The number of carbonyl (C=O) groups is 12. The fourth-order valence-electron chi connectivity index (χ4n) is 12.1. The van der Waals surface area contributed by atoms with Crippen molar-refractivity contribution >= 4 is 104 Å². The van der Waals surface area contributed by atoms with Gasteiger partial charge >= 0.3 is 12.0 Å². The number of Topliss-reactive ketones (excluding diaryl/α,β-unsaturated/α-hetero) is 2. The summed E-state index contributed by atoms with van der Waals surface area (Å²) < 4.78 is 59.9. The van der Waals surface area contributed by atoms with Crippen molar-refractivity contribution in [3.8, 4) is 5.75 Å². The molecule has 3 aliphatic heterocycles. The number of carbonyl (C=O) groups excluding carboxylic acids is 11. The van der Waals surface area contributed by atoms with E-state index in [1.807, 2.05) is 0 Å². The zero-order valence-electron chi connectivity index (χ0n) is 63.5. The minimum absolute atomic E-state index is 0.0181. The van der Waals surface area contributed by atoms with E-state index in [-0.39, 0.29) is 67.9 Å². The van der Waals surface area contributed by atoms with Gasteiger partial charge in [0.2, 0.25) is 47.3 Å². The Bertz CT molecular complexity index is 3470. The van der Waals surface area contributed by atoms with Crippen molar-refractivity contribution in [2.75, 3.05) is 164 Å². The topological polar surface area (TPSA) is 573 Å². The van der Waals surface area contributed by atoms with Gasteiger partial charge in [0.25, 0.3) is 0 Å². The van der Waals surface area contributed by atoms with Gasteiger partial charge in [-0.2, -0.15) is 11.8 Å². The van der Waals surface area contributed by atoms with Crippen LogP contribution >= 0.6 is 11.8 Å². The van der Waals surface area contributed by atoms with Gasteiger partial charge in [0.1, 0.15) is 28.9 Å². The molecular formula is C70H112N14O25S2. The lowest BCUT2D eigenvalue weighted by atomic mass is 9.85. The van der Waals surface area contributed by atoms with E-state index in [2.05, 4.69) is 47.5 Å². The van der Waals surface area contributed by atoms with Crippen molar-refractivity contribution in [1.29, 1.82) is 0 Å². The van der Waals surface area contributed by atoms with E-state index in [0.29, 0.717) is 114 Å². The number of primary amides is 1. The molecule has 1 fully saturated rings. The Morgan fingerprint density at radius 3 is 1.96 bits per heavy atom. The molecule has 1 saturated heterocycles. The molecule has 4 heterocycles. The van der Waals surface area contributed by atoms with Crippen LogP contribution in [-0.4, -0.2) is 310 Å². The van der Waals surface area contributed by atoms with Crippen LogP contribution in [0.2, 0.25) is 0 Å². The number of ether oxygens (including phenoxy) is 8. The molecule has 0 spiro atoms. The highest BCUT2D eigenvalue weighted by Gasteiger charge is 2.45. The number of aromatic amines is 1. The van der Waals surface area contributed by atoms with Gasteiger partial charge in [0, 0.05) is 96.9 Å². The van der Waals surface area contributed by atoms with E-state index in [1.165, 1.54) is 43.9 Å². The van der Waals surface area contributed by atoms with Gasteiger partial charge < -0.3 is 127 Å². The Morgan fingerprint density at radius 1 is 0.766 bits per heavy atom. The number of amides is 10. The van der Waals surface area contributed by atoms with Crippen LogP contribution in [0.15, 0.2) is 29.1 Å². The second kappa shape index (κ2) is 50.0. The van der Waals surface area contributed by atoms with Crippen molar-refractivity contribution in [2.45, 2.75) is 120 Å². The molecule has 0 aliphatic carbocycles. The number of carboxylic acid groups (broad SMARTS) is 1. The predicted molar refractivity (Wildman–Crippen MR) is 400 cm³/mol. The highest BCUT2D eigenvalue weighted by atomic mass is 32.2. The number of aromatic nitrogens is 1. The number of H-pyrrole nitrogens is 1. The molecule has 0 radical (unpaired) electrons. The maximum Gasteiger partial charge on any atom is 0.314 e. The van der Waals surface area contributed by atoms with Crippen molar-refractivity contribution < 1.29 is 120 Å². The molecule has 10 amide bonds. The number of ketones is 2. The lowest BCUT2D eigenvalue weighted by Gasteiger charge is -2.32. The fraction of sp³-hybridized carbons (Fsp3) is 0.686. The molecule has 2 unspecified atom stereocenters. The quantitative estimate of drug-likeness (QED) is 0.0169. The SMILES string of the molecule is CC[C@H](C)[C@@H]1CC(=O)CNC(=O)[C@H]2CC(=O)[C@H]([C@@H](C)[C@@H](O)CO)NC(=O)[C@@H]3C[C@@H](O)CN3C(=O)[C@H](CC(N)=O)NC(=O)[C@H](CS(=O)c3[nH]c4c(CSCCNC(=O)NCCOCCOCCOCCOCCOCCOCCOCCN(N)/C=C(\N)CNC(=O)C(C)CC(=O)O)c(OC)ccc4c3C2)NC(=O)CNC1=O. The van der Waals surface area contributed by atoms with E-state index in [4.69, 9.17) is 60.3 Å². The Balaban J connectivity index is 1.14. The summed E-state index contributed by atoms with van der Waals surface area (Å²) in [6.45, 7) is 8.78. The van der Waals surface area contributed by atoms with E-state index in [1.54, 1.807) is 26.0 Å². The molecule has 3 aliphatic rings. The smallest absolute Gasteiger partial charge is 0.314 e. The lowest BCUT2D eigenvalue weighted by molar-refractivity contribution is -0.144. The van der Waals surface area contributed by atoms with Crippen LogP contribution < -0.4 is 64.6 Å². The zero-order valence-corrected chi connectivity index (χ0v) is 65.1. The van der Waals surface area contributed by atoms with Gasteiger partial charge in [-0.1, -0.05) is 34.1 Å². The van der Waals surface area contributed by atoms with Crippen molar-refractivity contribution in [1.82, 2.24) is 57.4 Å². The molecule has 0 saturated carbocycles. The van der Waals surface area contributed by atoms with E-state index in [9.17, 15) is 68.1 Å². The first-order chi connectivity index (χ1) is 53.1. The molecule has 2 aromatic rings. The first-order valence-electron chi connectivity index (χ1n) is 36.8. The largest absolute Gasteiger partial charge is 0.496 e. The van der Waals surface area contributed by atoms with Crippen LogP contribution in [0.3, 0.4) is 0 Å². The highest BCUT2D eigenvalue weighted by Crippen LogP contribution is 2.37. The number of nitrogens with zero attached hydrogens (tertiary/aromatic N) is 2. The number of aliphatic hydroxyl groups is 3. The van der Waals surface area contributed by atoms with Gasteiger partial charge in [-0.25, -0.2) is 10.6 Å². The minimum atomic E-state index is -2.45. The number of thioether (sulfide) groups is 1. The Morgan fingerprint density at radius 2 is 1.37 bits per heavy atom. The molecule has 41 heteroatoms. The summed E-state index contributed by atoms with van der Waals surface area (Å²) in [4.78, 5) is 168. The number of benzene rings is 1. The van der Waals surface area contributed by atoms with E-state index in [0.717, 1.165) is 4.90 Å². The summed E-state index contributed by atoms with van der Waals surface area (Å²) >= 11 is 1.36. The number of hydrogen-bond acceptors (Lipinski definition) is 28. The molecule has 12 atom stereocenters. The van der Waals surface area contributed by atoms with Gasteiger partial charge in [0.05, 0.1) is 186 Å². The van der Waals surface area contributed by atoms with Crippen LogP contribution in [0.1, 0.15) is 77.3 Å². The number of hydrazine groups is 1. The minimum Gasteiger partial charge on any atom is -0.496 e. The molecule has 39 nitrogen and oxygen atoms in total. The highest BCUT2D eigenvalue weighted by molar-refractivity contribution is 7.98. The Kier molecular flexibility index (Phi) is 42.1. The monoisotopic (exact) mass is 1610 g/mol. The second-order valence-corrected chi connectivity index (χ2v) is 29.4. The van der Waals surface area contributed by atoms with E-state index < -0.39 is 212 Å². The first-order valence-corrected chi connectivity index (χ1v) is 39.3. The van der Waals surface area contributed by atoms with Crippen LogP contribution in [0.5, 0.6) is 5.75 Å². The molecule has 1 aromatic heterocycles. The fourth-order valence-corrected chi connectivity index (χ4v) is 14.3. The summed E-state index contributed by atoms with van der Waals surface area (Å²) in [6.07, 6.45) is -4.35. The maximum absolute atomic E-state index is 15.4.